The Morgan fingerprint density at radius 1 is 1.33 bits per heavy atom. The molecule has 1 fully saturated rings. The monoisotopic (exact) mass is 123 g/mol. The van der Waals surface area contributed by atoms with Crippen LogP contribution in [0.4, 0.5) is 0 Å². The maximum Gasteiger partial charge on any atom is 0.0445 e. The second-order valence-corrected chi connectivity index (χ2v) is 3.55. The summed E-state index contributed by atoms with van der Waals surface area (Å²) in [5.41, 5.74) is 2.09. The summed E-state index contributed by atoms with van der Waals surface area (Å²) in [5, 5.41) is 0. The highest BCUT2D eigenvalue weighted by molar-refractivity contribution is 5.82. The second-order valence-electron chi connectivity index (χ2n) is 3.55. The normalized spacial score (nSPS) is 30.1. The third-order valence-corrected chi connectivity index (χ3v) is 2.66. The molecule has 0 aromatic heterocycles. The molecule has 0 atom stereocenters. The van der Waals surface area contributed by atoms with Crippen LogP contribution in [0.15, 0.2) is 4.99 Å². The summed E-state index contributed by atoms with van der Waals surface area (Å²) < 4.78 is 0. The highest BCUT2D eigenvalue weighted by Gasteiger charge is 2.43. The molecule has 0 unspecified atom stereocenters. The summed E-state index contributed by atoms with van der Waals surface area (Å²) in [6.07, 6.45) is 5.58. The Hall–Kier alpha value is -0.330. The Labute approximate surface area is 56.2 Å². The van der Waals surface area contributed by atoms with Crippen molar-refractivity contribution in [2.75, 3.05) is 6.54 Å². The molecular formula is C8H13N. The van der Waals surface area contributed by atoms with Gasteiger partial charge < -0.3 is 0 Å². The largest absolute Gasteiger partial charge is 0.294 e. The van der Waals surface area contributed by atoms with E-state index in [0.717, 1.165) is 12.0 Å². The molecule has 1 heterocycles. The molecule has 2 aliphatic rings. The lowest BCUT2D eigenvalue weighted by Gasteiger charge is -2.17. The van der Waals surface area contributed by atoms with Gasteiger partial charge in [-0.1, -0.05) is 0 Å². The van der Waals surface area contributed by atoms with Gasteiger partial charge in [0, 0.05) is 12.3 Å². The quantitative estimate of drug-likeness (QED) is 0.467. The zero-order chi connectivity index (χ0) is 6.32. The van der Waals surface area contributed by atoms with Gasteiger partial charge in [-0.3, -0.25) is 4.99 Å². The number of rotatable bonds is 0. The summed E-state index contributed by atoms with van der Waals surface area (Å²) in [6, 6.07) is 0. The van der Waals surface area contributed by atoms with Gasteiger partial charge in [0.2, 0.25) is 0 Å². The number of nitrogens with zero attached hydrogens (tertiary/aromatic N) is 1. The molecule has 0 aromatic carbocycles. The van der Waals surface area contributed by atoms with E-state index in [1.54, 1.807) is 0 Å². The topological polar surface area (TPSA) is 12.4 Å². The average molecular weight is 123 g/mol. The predicted octanol–water partition coefficient (Wildman–Crippen LogP) is 2.02. The standard InChI is InChI=1S/C8H13N/c1-7-2-3-8(4-5-8)6-9-7/h2-6H2,1H3. The molecule has 2 rings (SSSR count). The Balaban J connectivity index is 2.07. The summed E-state index contributed by atoms with van der Waals surface area (Å²) >= 11 is 0. The zero-order valence-corrected chi connectivity index (χ0v) is 5.98. The molecular weight excluding hydrogens is 110 g/mol. The van der Waals surface area contributed by atoms with Crippen LogP contribution in [0.5, 0.6) is 0 Å². The van der Waals surface area contributed by atoms with Crippen LogP contribution >= 0.6 is 0 Å². The van der Waals surface area contributed by atoms with E-state index in [1.807, 2.05) is 0 Å². The first-order valence-corrected chi connectivity index (χ1v) is 3.81. The summed E-state index contributed by atoms with van der Waals surface area (Å²) in [6.45, 7) is 3.29. The summed E-state index contributed by atoms with van der Waals surface area (Å²) in [5.74, 6) is 0. The van der Waals surface area contributed by atoms with Crippen LogP contribution in [0.1, 0.15) is 32.6 Å². The first kappa shape index (κ1) is 5.45. The number of hydrogen-bond acceptors (Lipinski definition) is 1. The van der Waals surface area contributed by atoms with Crippen LogP contribution in [-0.2, 0) is 0 Å². The molecule has 1 saturated carbocycles. The van der Waals surface area contributed by atoms with E-state index in [1.165, 1.54) is 31.4 Å². The minimum Gasteiger partial charge on any atom is -0.294 e. The fraction of sp³-hybridized carbons (Fsp3) is 0.875. The molecule has 0 bridgehead atoms. The minimum absolute atomic E-state index is 0.722. The van der Waals surface area contributed by atoms with E-state index in [0.29, 0.717) is 0 Å². The average Bonchev–Trinajstić information content (AvgIpc) is 2.60. The van der Waals surface area contributed by atoms with Crippen molar-refractivity contribution in [2.45, 2.75) is 32.6 Å². The van der Waals surface area contributed by atoms with Crippen molar-refractivity contribution in [1.29, 1.82) is 0 Å². The Morgan fingerprint density at radius 2 is 2.11 bits per heavy atom. The van der Waals surface area contributed by atoms with Gasteiger partial charge in [-0.05, 0) is 38.0 Å². The molecule has 1 aliphatic carbocycles. The lowest BCUT2D eigenvalue weighted by Crippen LogP contribution is -2.14. The lowest BCUT2D eigenvalue weighted by molar-refractivity contribution is 0.472. The first-order valence-electron chi connectivity index (χ1n) is 3.81. The van der Waals surface area contributed by atoms with E-state index in [2.05, 4.69) is 11.9 Å². The molecule has 0 N–H and O–H groups in total. The molecule has 0 aromatic rings. The third-order valence-electron chi connectivity index (χ3n) is 2.66. The van der Waals surface area contributed by atoms with Gasteiger partial charge in [-0.15, -0.1) is 0 Å². The lowest BCUT2D eigenvalue weighted by atomic mass is 9.96. The van der Waals surface area contributed by atoms with Gasteiger partial charge in [0.05, 0.1) is 0 Å². The van der Waals surface area contributed by atoms with Crippen molar-refractivity contribution in [2.24, 2.45) is 10.4 Å². The highest BCUT2D eigenvalue weighted by Crippen LogP contribution is 2.51. The first-order chi connectivity index (χ1) is 4.31. The molecule has 9 heavy (non-hydrogen) atoms. The van der Waals surface area contributed by atoms with Crippen molar-refractivity contribution in [1.82, 2.24) is 0 Å². The molecule has 0 radical (unpaired) electrons. The van der Waals surface area contributed by atoms with Crippen molar-refractivity contribution in [3.05, 3.63) is 0 Å². The molecule has 1 spiro atoms. The Kier molecular flexibility index (Phi) is 0.961. The van der Waals surface area contributed by atoms with E-state index < -0.39 is 0 Å². The van der Waals surface area contributed by atoms with Crippen LogP contribution < -0.4 is 0 Å². The fourth-order valence-corrected chi connectivity index (χ4v) is 1.49. The van der Waals surface area contributed by atoms with Crippen molar-refractivity contribution >= 4 is 5.71 Å². The smallest absolute Gasteiger partial charge is 0.0445 e. The van der Waals surface area contributed by atoms with Gasteiger partial charge in [0.1, 0.15) is 0 Å². The van der Waals surface area contributed by atoms with Crippen LogP contribution in [0.3, 0.4) is 0 Å². The molecule has 1 heteroatoms. The Bertz CT molecular complexity index is 154. The van der Waals surface area contributed by atoms with E-state index in [-0.39, 0.29) is 0 Å². The second kappa shape index (κ2) is 1.59. The van der Waals surface area contributed by atoms with Crippen LogP contribution in [0.2, 0.25) is 0 Å². The van der Waals surface area contributed by atoms with Gasteiger partial charge in [-0.25, -0.2) is 0 Å². The molecule has 0 amide bonds. The van der Waals surface area contributed by atoms with Gasteiger partial charge in [0.25, 0.3) is 0 Å². The highest BCUT2D eigenvalue weighted by atomic mass is 14.8. The van der Waals surface area contributed by atoms with E-state index in [9.17, 15) is 0 Å². The van der Waals surface area contributed by atoms with Crippen LogP contribution in [0.25, 0.3) is 0 Å². The predicted molar refractivity (Wildman–Crippen MR) is 38.9 cm³/mol. The Morgan fingerprint density at radius 3 is 2.56 bits per heavy atom. The number of aliphatic imine (C=N–C) groups is 1. The number of hydrogen-bond donors (Lipinski definition) is 0. The van der Waals surface area contributed by atoms with Crippen molar-refractivity contribution < 1.29 is 0 Å². The molecule has 50 valence electrons. The van der Waals surface area contributed by atoms with Crippen LogP contribution in [0, 0.1) is 5.41 Å². The third kappa shape index (κ3) is 0.887. The van der Waals surface area contributed by atoms with Gasteiger partial charge >= 0.3 is 0 Å². The summed E-state index contributed by atoms with van der Waals surface area (Å²) in [7, 11) is 0. The molecule has 1 aliphatic heterocycles. The van der Waals surface area contributed by atoms with Crippen LogP contribution in [-0.4, -0.2) is 12.3 Å². The van der Waals surface area contributed by atoms with E-state index in [4.69, 9.17) is 0 Å². The molecule has 0 saturated heterocycles. The van der Waals surface area contributed by atoms with E-state index >= 15 is 0 Å². The van der Waals surface area contributed by atoms with Gasteiger partial charge in [0.15, 0.2) is 0 Å². The fourth-order valence-electron chi connectivity index (χ4n) is 1.49. The molecule has 1 nitrogen and oxygen atoms in total. The van der Waals surface area contributed by atoms with Crippen molar-refractivity contribution in [3.63, 3.8) is 0 Å². The summed E-state index contributed by atoms with van der Waals surface area (Å²) in [4.78, 5) is 4.46. The minimum atomic E-state index is 0.722. The van der Waals surface area contributed by atoms with Gasteiger partial charge in [-0.2, -0.15) is 0 Å². The maximum atomic E-state index is 4.46. The van der Waals surface area contributed by atoms with Crippen molar-refractivity contribution in [3.8, 4) is 0 Å². The zero-order valence-electron chi connectivity index (χ0n) is 5.98. The maximum absolute atomic E-state index is 4.46. The SMILES string of the molecule is CC1=NCC2(CC1)CC2.